The lowest BCUT2D eigenvalue weighted by Crippen LogP contribution is -2.34. The molecule has 0 heterocycles. The van der Waals surface area contributed by atoms with Gasteiger partial charge in [0.25, 0.3) is 5.91 Å². The highest BCUT2D eigenvalue weighted by Crippen LogP contribution is 2.26. The first-order valence-electron chi connectivity index (χ1n) is 6.72. The number of nitrogens with zero attached hydrogens (tertiary/aromatic N) is 1. The van der Waals surface area contributed by atoms with Crippen molar-refractivity contribution in [1.82, 2.24) is 9.62 Å². The lowest BCUT2D eigenvalue weighted by atomic mass is 10.1. The molecule has 0 bridgehead atoms. The monoisotopic (exact) mass is 344 g/mol. The van der Waals surface area contributed by atoms with E-state index in [1.54, 1.807) is 6.92 Å². The minimum Gasteiger partial charge on any atom is -0.495 e. The Bertz CT molecular complexity index is 699. The molecule has 1 amide bonds. The van der Waals surface area contributed by atoms with Gasteiger partial charge in [0, 0.05) is 25.7 Å². The predicted octanol–water partition coefficient (Wildman–Crippen LogP) is 0.538. The fraction of sp³-hybridized carbons (Fsp3) is 0.429. The molecule has 128 valence electrons. The Morgan fingerprint density at radius 2 is 1.96 bits per heavy atom. The molecule has 9 heteroatoms. The van der Waals surface area contributed by atoms with E-state index in [-0.39, 0.29) is 22.6 Å². The number of nitrogens with one attached hydrogen (secondary N) is 1. The van der Waals surface area contributed by atoms with Crippen LogP contribution in [0.5, 0.6) is 5.75 Å². The molecule has 1 aromatic carbocycles. The summed E-state index contributed by atoms with van der Waals surface area (Å²) in [4.78, 5) is 22.6. The predicted molar refractivity (Wildman–Crippen MR) is 83.0 cm³/mol. The highest BCUT2D eigenvalue weighted by molar-refractivity contribution is 7.89. The Morgan fingerprint density at radius 3 is 2.43 bits per heavy atom. The first-order valence-corrected chi connectivity index (χ1v) is 8.16. The van der Waals surface area contributed by atoms with E-state index in [0.29, 0.717) is 0 Å². The fourth-order valence-corrected chi connectivity index (χ4v) is 2.91. The maximum Gasteiger partial charge on any atom is 0.305 e. The Labute approximate surface area is 135 Å². The summed E-state index contributed by atoms with van der Waals surface area (Å²) in [7, 11) is 0.286. The van der Waals surface area contributed by atoms with Crippen molar-refractivity contribution in [2.75, 3.05) is 21.2 Å². The van der Waals surface area contributed by atoms with Crippen molar-refractivity contribution in [3.8, 4) is 5.75 Å². The standard InChI is InChI=1S/C14H20N2O6S/c1-9(7-13(17)18)15-14(19)10-5-6-11(22-4)12(8-10)23(20,21)16(2)3/h5-6,8-9H,7H2,1-4H3,(H,15,19)(H,17,18). The van der Waals surface area contributed by atoms with Crippen molar-refractivity contribution in [2.24, 2.45) is 0 Å². The molecule has 0 aliphatic rings. The second-order valence-corrected chi connectivity index (χ2v) is 7.25. The van der Waals surface area contributed by atoms with E-state index < -0.39 is 27.9 Å². The van der Waals surface area contributed by atoms with Crippen LogP contribution in [0.25, 0.3) is 0 Å². The van der Waals surface area contributed by atoms with Gasteiger partial charge < -0.3 is 15.2 Å². The summed E-state index contributed by atoms with van der Waals surface area (Å²) in [5.74, 6) is -1.48. The molecule has 8 nitrogen and oxygen atoms in total. The lowest BCUT2D eigenvalue weighted by Gasteiger charge is -2.16. The number of carbonyl (C=O) groups is 2. The van der Waals surface area contributed by atoms with Crippen molar-refractivity contribution >= 4 is 21.9 Å². The number of carboxylic acid groups (broad SMARTS) is 1. The van der Waals surface area contributed by atoms with Gasteiger partial charge in [0.05, 0.1) is 13.5 Å². The molecule has 0 aliphatic heterocycles. The molecule has 1 aromatic rings. The molecule has 0 spiro atoms. The maximum atomic E-state index is 12.3. The van der Waals surface area contributed by atoms with Crippen molar-refractivity contribution in [3.05, 3.63) is 23.8 Å². The zero-order valence-electron chi connectivity index (χ0n) is 13.4. The number of hydrogen-bond acceptors (Lipinski definition) is 5. The molecule has 0 fully saturated rings. The van der Waals surface area contributed by atoms with Gasteiger partial charge in [-0.25, -0.2) is 12.7 Å². The van der Waals surface area contributed by atoms with Gasteiger partial charge in [-0.15, -0.1) is 0 Å². The zero-order chi connectivity index (χ0) is 17.8. The van der Waals surface area contributed by atoms with Crippen LogP contribution in [0.1, 0.15) is 23.7 Å². The van der Waals surface area contributed by atoms with E-state index >= 15 is 0 Å². The number of sulfonamides is 1. The Kier molecular flexibility index (Phi) is 6.11. The van der Waals surface area contributed by atoms with Crippen LogP contribution in [0.15, 0.2) is 23.1 Å². The molecule has 23 heavy (non-hydrogen) atoms. The molecule has 0 aliphatic carbocycles. The number of carboxylic acids is 1. The summed E-state index contributed by atoms with van der Waals surface area (Å²) in [6.45, 7) is 1.55. The number of carbonyl (C=O) groups excluding carboxylic acids is 1. The van der Waals surface area contributed by atoms with Gasteiger partial charge in [-0.3, -0.25) is 9.59 Å². The van der Waals surface area contributed by atoms with Crippen molar-refractivity contribution in [2.45, 2.75) is 24.3 Å². The average molecular weight is 344 g/mol. The molecular formula is C14H20N2O6S. The number of methoxy groups -OCH3 is 1. The second kappa shape index (κ2) is 7.42. The van der Waals surface area contributed by atoms with Crippen LogP contribution in [-0.2, 0) is 14.8 Å². The minimum absolute atomic E-state index is 0.100. The van der Waals surface area contributed by atoms with Crippen LogP contribution in [-0.4, -0.2) is 57.0 Å². The molecule has 1 atom stereocenters. The smallest absolute Gasteiger partial charge is 0.305 e. The van der Waals surface area contributed by atoms with Gasteiger partial charge in [0.15, 0.2) is 0 Å². The van der Waals surface area contributed by atoms with Crippen LogP contribution in [0.2, 0.25) is 0 Å². The number of amides is 1. The molecule has 0 saturated carbocycles. The first kappa shape index (κ1) is 18.9. The van der Waals surface area contributed by atoms with Crippen molar-refractivity contribution in [3.63, 3.8) is 0 Å². The van der Waals surface area contributed by atoms with Gasteiger partial charge in [0.2, 0.25) is 10.0 Å². The topological polar surface area (TPSA) is 113 Å². The maximum absolute atomic E-state index is 12.3. The molecule has 1 unspecified atom stereocenters. The van der Waals surface area contributed by atoms with Gasteiger partial charge >= 0.3 is 5.97 Å². The molecule has 0 radical (unpaired) electrons. The molecule has 0 aromatic heterocycles. The van der Waals surface area contributed by atoms with Crippen LogP contribution in [0.3, 0.4) is 0 Å². The molecule has 0 saturated heterocycles. The third-order valence-electron chi connectivity index (χ3n) is 3.04. The van der Waals surface area contributed by atoms with E-state index in [9.17, 15) is 18.0 Å². The van der Waals surface area contributed by atoms with Crippen LogP contribution in [0.4, 0.5) is 0 Å². The summed E-state index contributed by atoms with van der Waals surface area (Å²) >= 11 is 0. The summed E-state index contributed by atoms with van der Waals surface area (Å²) in [5, 5.41) is 11.2. The number of ether oxygens (including phenoxy) is 1. The molecule has 1 rings (SSSR count). The highest BCUT2D eigenvalue weighted by atomic mass is 32.2. The third kappa shape index (κ3) is 4.67. The van der Waals surface area contributed by atoms with E-state index in [2.05, 4.69) is 5.32 Å². The minimum atomic E-state index is -3.79. The Morgan fingerprint density at radius 1 is 1.35 bits per heavy atom. The quantitative estimate of drug-likeness (QED) is 0.746. The van der Waals surface area contributed by atoms with E-state index in [0.717, 1.165) is 4.31 Å². The largest absolute Gasteiger partial charge is 0.495 e. The summed E-state index contributed by atoms with van der Waals surface area (Å²) in [6, 6.07) is 3.41. The summed E-state index contributed by atoms with van der Waals surface area (Å²) in [6.07, 6.45) is -0.231. The number of hydrogen-bond donors (Lipinski definition) is 2. The van der Waals surface area contributed by atoms with Gasteiger partial charge in [-0.05, 0) is 25.1 Å². The number of aliphatic carboxylic acids is 1. The number of benzene rings is 1. The van der Waals surface area contributed by atoms with Crippen LogP contribution < -0.4 is 10.1 Å². The summed E-state index contributed by atoms with van der Waals surface area (Å²) in [5.41, 5.74) is 0.100. The van der Waals surface area contributed by atoms with E-state index in [1.165, 1.54) is 39.4 Å². The zero-order valence-corrected chi connectivity index (χ0v) is 14.2. The normalized spacial score (nSPS) is 12.7. The van der Waals surface area contributed by atoms with Crippen LogP contribution in [0, 0.1) is 0 Å². The Balaban J connectivity index is 3.16. The fourth-order valence-electron chi connectivity index (χ4n) is 1.84. The van der Waals surface area contributed by atoms with Crippen molar-refractivity contribution < 1.29 is 27.9 Å². The Hall–Kier alpha value is -2.13. The average Bonchev–Trinajstić information content (AvgIpc) is 2.45. The molecule has 2 N–H and O–H groups in total. The number of rotatable bonds is 7. The highest BCUT2D eigenvalue weighted by Gasteiger charge is 2.24. The van der Waals surface area contributed by atoms with Crippen molar-refractivity contribution in [1.29, 1.82) is 0 Å². The van der Waals surface area contributed by atoms with E-state index in [4.69, 9.17) is 9.84 Å². The summed E-state index contributed by atoms with van der Waals surface area (Å²) < 4.78 is 30.6. The van der Waals surface area contributed by atoms with Gasteiger partial charge in [-0.1, -0.05) is 0 Å². The SMILES string of the molecule is COc1ccc(C(=O)NC(C)CC(=O)O)cc1S(=O)(=O)N(C)C. The van der Waals surface area contributed by atoms with Gasteiger partial charge in [0.1, 0.15) is 10.6 Å². The molecular weight excluding hydrogens is 324 g/mol. The lowest BCUT2D eigenvalue weighted by molar-refractivity contribution is -0.137. The van der Waals surface area contributed by atoms with E-state index in [1.807, 2.05) is 0 Å². The second-order valence-electron chi connectivity index (χ2n) is 5.13. The third-order valence-corrected chi connectivity index (χ3v) is 4.88. The van der Waals surface area contributed by atoms with Crippen LogP contribution >= 0.6 is 0 Å². The van der Waals surface area contributed by atoms with Gasteiger partial charge in [-0.2, -0.15) is 0 Å². The first-order chi connectivity index (χ1) is 10.6.